The second kappa shape index (κ2) is 9.52. The van der Waals surface area contributed by atoms with Gasteiger partial charge in [0.05, 0.1) is 12.8 Å². The fourth-order valence-corrected chi connectivity index (χ4v) is 2.90. The van der Waals surface area contributed by atoms with Gasteiger partial charge in [0.1, 0.15) is 11.6 Å². The van der Waals surface area contributed by atoms with E-state index in [2.05, 4.69) is 9.17 Å². The lowest BCUT2D eigenvalue weighted by molar-refractivity contribution is 0.493. The molecule has 1 aromatic heterocycles. The Morgan fingerprint density at radius 3 is 2.25 bits per heavy atom. The lowest BCUT2D eigenvalue weighted by Gasteiger charge is -2.18. The summed E-state index contributed by atoms with van der Waals surface area (Å²) >= 11 is 1.36. The van der Waals surface area contributed by atoms with Crippen LogP contribution in [-0.2, 0) is 4.18 Å². The third-order valence-corrected chi connectivity index (χ3v) is 4.60. The van der Waals surface area contributed by atoms with Gasteiger partial charge in [0.2, 0.25) is 0 Å². The first-order valence-corrected chi connectivity index (χ1v) is 9.84. The molecule has 2 aromatic carbocycles. The molecule has 0 bridgehead atoms. The molecule has 0 saturated heterocycles. The third-order valence-electron chi connectivity index (χ3n) is 4.27. The number of benzene rings is 2. The summed E-state index contributed by atoms with van der Waals surface area (Å²) in [7, 11) is 1.64. The quantitative estimate of drug-likeness (QED) is 0.316. The summed E-state index contributed by atoms with van der Waals surface area (Å²) < 4.78 is 17.8. The van der Waals surface area contributed by atoms with Gasteiger partial charge in [-0.1, -0.05) is 26.0 Å². The topological polar surface area (TPSA) is 98.0 Å². The van der Waals surface area contributed by atoms with Crippen LogP contribution in [0, 0.1) is 11.2 Å². The molecule has 148 valence electrons. The van der Waals surface area contributed by atoms with Gasteiger partial charge < -0.3 is 21.1 Å². The Hall–Kier alpha value is -2.64. The van der Waals surface area contributed by atoms with Gasteiger partial charge in [-0.3, -0.25) is 0 Å². The number of aromatic nitrogens is 1. The maximum absolute atomic E-state index is 13.3. The molecule has 1 heterocycles. The van der Waals surface area contributed by atoms with Crippen LogP contribution in [0.2, 0.25) is 0 Å². The zero-order valence-corrected chi connectivity index (χ0v) is 17.2. The molecule has 7 heteroatoms. The number of nitrogens with zero attached hydrogens (tertiary/aromatic N) is 1. The first kappa shape index (κ1) is 21.7. The molecule has 0 atom stereocenters. The minimum Gasteiger partial charge on any atom is -0.398 e. The molecule has 0 aliphatic heterocycles. The van der Waals surface area contributed by atoms with Crippen LogP contribution in [0.1, 0.15) is 31.0 Å². The summed E-state index contributed by atoms with van der Waals surface area (Å²) in [4.78, 5) is 4.57. The summed E-state index contributed by atoms with van der Waals surface area (Å²) in [6, 6.07) is 9.91. The van der Waals surface area contributed by atoms with Crippen LogP contribution < -0.4 is 11.5 Å². The molecule has 3 rings (SSSR count). The number of hydrogen-bond acceptors (Lipinski definition) is 6. The zero-order valence-electron chi connectivity index (χ0n) is 16.4. The number of anilines is 2. The molecule has 0 fully saturated rings. The summed E-state index contributed by atoms with van der Waals surface area (Å²) in [6.07, 6.45) is 3.09. The average Bonchev–Trinajstić information content (AvgIpc) is 2.68. The third kappa shape index (κ3) is 4.61. The number of nitrogens with two attached hydrogens (primary N) is 2. The van der Waals surface area contributed by atoms with Gasteiger partial charge in [-0.2, -0.15) is 0 Å². The SMILES string of the molecule is CC(C)c1nc(N)c2cc(N)c(C=N)cc2c1-c1ccc(F)cc1.COSC. The number of nitrogens with one attached hydrogen (secondary N) is 1. The van der Waals surface area contributed by atoms with E-state index >= 15 is 0 Å². The van der Waals surface area contributed by atoms with Crippen molar-refractivity contribution in [3.8, 4) is 11.1 Å². The van der Waals surface area contributed by atoms with Crippen molar-refractivity contribution in [2.24, 2.45) is 0 Å². The highest BCUT2D eigenvalue weighted by molar-refractivity contribution is 7.93. The number of fused-ring (bicyclic) bond motifs is 1. The highest BCUT2D eigenvalue weighted by Crippen LogP contribution is 2.38. The van der Waals surface area contributed by atoms with Crippen molar-refractivity contribution in [3.63, 3.8) is 0 Å². The van der Waals surface area contributed by atoms with Crippen molar-refractivity contribution < 1.29 is 8.57 Å². The van der Waals surface area contributed by atoms with Crippen LogP contribution in [0.15, 0.2) is 36.4 Å². The van der Waals surface area contributed by atoms with E-state index in [-0.39, 0.29) is 11.7 Å². The fraction of sp³-hybridized carbons (Fsp3) is 0.238. The van der Waals surface area contributed by atoms with Gasteiger partial charge in [-0.05, 0) is 53.2 Å². The molecule has 0 amide bonds. The zero-order chi connectivity index (χ0) is 20.8. The van der Waals surface area contributed by atoms with Gasteiger partial charge in [-0.25, -0.2) is 9.37 Å². The standard InChI is InChI=1S/C19H19FN4.C2H6OS/c1-10(2)18-17(11-3-5-13(20)6-4-11)14-7-12(9-21)16(22)8-15(14)19(23)24-18;1-3-4-2/h3-10,21H,22H2,1-2H3,(H2,23,24);1-2H3. The molecule has 0 unspecified atom stereocenters. The first-order chi connectivity index (χ1) is 13.3. The van der Waals surface area contributed by atoms with Gasteiger partial charge in [-0.15, -0.1) is 0 Å². The average molecular weight is 401 g/mol. The lowest BCUT2D eigenvalue weighted by Crippen LogP contribution is -2.04. The lowest BCUT2D eigenvalue weighted by atomic mass is 9.91. The Balaban J connectivity index is 0.000000640. The van der Waals surface area contributed by atoms with Crippen molar-refractivity contribution in [2.45, 2.75) is 19.8 Å². The van der Waals surface area contributed by atoms with E-state index in [0.717, 1.165) is 27.6 Å². The molecular formula is C21H25FN4OS. The van der Waals surface area contributed by atoms with Crippen molar-refractivity contribution in [1.82, 2.24) is 4.98 Å². The molecule has 0 spiro atoms. The van der Waals surface area contributed by atoms with Gasteiger partial charge in [0.15, 0.2) is 0 Å². The van der Waals surface area contributed by atoms with E-state index in [4.69, 9.17) is 16.9 Å². The minimum absolute atomic E-state index is 0.137. The fourth-order valence-electron chi connectivity index (χ4n) is 2.90. The van der Waals surface area contributed by atoms with Crippen LogP contribution in [0.25, 0.3) is 21.9 Å². The maximum Gasteiger partial charge on any atom is 0.131 e. The number of halogens is 1. The number of hydrogen-bond donors (Lipinski definition) is 3. The van der Waals surface area contributed by atoms with Gasteiger partial charge in [0, 0.05) is 34.7 Å². The Morgan fingerprint density at radius 2 is 1.75 bits per heavy atom. The van der Waals surface area contributed by atoms with E-state index in [0.29, 0.717) is 17.1 Å². The monoisotopic (exact) mass is 400 g/mol. The molecule has 0 aliphatic rings. The van der Waals surface area contributed by atoms with E-state index in [1.54, 1.807) is 25.3 Å². The first-order valence-electron chi connectivity index (χ1n) is 8.69. The maximum atomic E-state index is 13.3. The van der Waals surface area contributed by atoms with Gasteiger partial charge >= 0.3 is 0 Å². The van der Waals surface area contributed by atoms with E-state index in [9.17, 15) is 4.39 Å². The van der Waals surface area contributed by atoms with Crippen molar-refractivity contribution in [1.29, 1.82) is 5.41 Å². The van der Waals surface area contributed by atoms with Crippen LogP contribution in [0.5, 0.6) is 0 Å². The van der Waals surface area contributed by atoms with Crippen molar-refractivity contribution in [2.75, 3.05) is 24.8 Å². The summed E-state index contributed by atoms with van der Waals surface area (Å²) in [5, 5.41) is 9.16. The minimum atomic E-state index is -0.290. The number of nitrogen functional groups attached to an aromatic ring is 2. The predicted octanol–water partition coefficient (Wildman–Crippen LogP) is 5.24. The van der Waals surface area contributed by atoms with Crippen LogP contribution >= 0.6 is 12.0 Å². The summed E-state index contributed by atoms with van der Waals surface area (Å²) in [5.41, 5.74) is 15.8. The highest BCUT2D eigenvalue weighted by Gasteiger charge is 2.18. The summed E-state index contributed by atoms with van der Waals surface area (Å²) in [6.45, 7) is 4.07. The molecule has 0 saturated carbocycles. The van der Waals surface area contributed by atoms with Crippen LogP contribution in [0.3, 0.4) is 0 Å². The summed E-state index contributed by atoms with van der Waals surface area (Å²) in [5.74, 6) is 0.252. The molecule has 0 aliphatic carbocycles. The second-order valence-corrected chi connectivity index (χ2v) is 7.09. The Morgan fingerprint density at radius 1 is 1.14 bits per heavy atom. The van der Waals surface area contributed by atoms with E-state index in [1.165, 1.54) is 30.4 Å². The molecule has 5 N–H and O–H groups in total. The number of rotatable bonds is 4. The normalized spacial score (nSPS) is 10.6. The predicted molar refractivity (Wildman–Crippen MR) is 118 cm³/mol. The molecular weight excluding hydrogens is 375 g/mol. The Bertz CT molecular complexity index is 973. The molecule has 5 nitrogen and oxygen atoms in total. The van der Waals surface area contributed by atoms with Gasteiger partial charge in [0.25, 0.3) is 0 Å². The van der Waals surface area contributed by atoms with Crippen molar-refractivity contribution >= 4 is 40.5 Å². The molecule has 0 radical (unpaired) electrons. The highest BCUT2D eigenvalue weighted by atomic mass is 32.2. The smallest absolute Gasteiger partial charge is 0.131 e. The van der Waals surface area contributed by atoms with Crippen LogP contribution in [0.4, 0.5) is 15.9 Å². The van der Waals surface area contributed by atoms with E-state index in [1.807, 2.05) is 26.2 Å². The Kier molecular flexibility index (Phi) is 7.37. The largest absolute Gasteiger partial charge is 0.398 e. The molecule has 28 heavy (non-hydrogen) atoms. The molecule has 3 aromatic rings. The van der Waals surface area contributed by atoms with E-state index < -0.39 is 0 Å². The second-order valence-electron chi connectivity index (χ2n) is 6.42. The number of pyridine rings is 1. The van der Waals surface area contributed by atoms with Crippen LogP contribution in [-0.4, -0.2) is 24.6 Å². The Labute approximate surface area is 169 Å². The van der Waals surface area contributed by atoms with Crippen molar-refractivity contribution in [3.05, 3.63) is 53.5 Å².